The quantitative estimate of drug-likeness (QED) is 0.746. The van der Waals surface area contributed by atoms with Crippen molar-refractivity contribution in [3.05, 3.63) is 24.3 Å². The maximum Gasteiger partial charge on any atom is 0.286 e. The second kappa shape index (κ2) is 8.65. The van der Waals surface area contributed by atoms with E-state index in [0.717, 1.165) is 38.8 Å². The lowest BCUT2D eigenvalue weighted by atomic mass is 9.99. The number of para-hydroxylation sites is 1. The van der Waals surface area contributed by atoms with Crippen LogP contribution in [0.2, 0.25) is 0 Å². The lowest BCUT2D eigenvalue weighted by molar-refractivity contribution is -0.129. The molecule has 2 aliphatic heterocycles. The number of sulfonamides is 1. The predicted octanol–water partition coefficient (Wildman–Crippen LogP) is 3.34. The molecule has 0 aliphatic carbocycles. The fraction of sp³-hybridized carbons (Fsp3) is 0.579. The van der Waals surface area contributed by atoms with Gasteiger partial charge in [0, 0.05) is 19.6 Å². The number of fused-ring (bicyclic) bond motifs is 1. The van der Waals surface area contributed by atoms with E-state index in [1.54, 1.807) is 12.1 Å². The molecule has 3 rings (SSSR count). The minimum Gasteiger partial charge on any atom is -0.342 e. The molecule has 0 bridgehead atoms. The number of likely N-dealkylation sites (tertiary alicyclic amines) is 1. The Hall–Kier alpha value is -1.54. The molecule has 2 aliphatic rings. The van der Waals surface area contributed by atoms with Gasteiger partial charge in [-0.25, -0.2) is 0 Å². The normalized spacial score (nSPS) is 19.6. The molecule has 0 atom stereocenters. The van der Waals surface area contributed by atoms with E-state index in [1.165, 1.54) is 11.8 Å². The second-order valence-corrected chi connectivity index (χ2v) is 9.69. The van der Waals surface area contributed by atoms with E-state index in [4.69, 9.17) is 0 Å². The minimum absolute atomic E-state index is 0.0568. The first-order valence-electron chi connectivity index (χ1n) is 9.54. The molecule has 0 spiro atoms. The van der Waals surface area contributed by atoms with Crippen LogP contribution in [0.5, 0.6) is 0 Å². The topological polar surface area (TPSA) is 70.1 Å². The summed E-state index contributed by atoms with van der Waals surface area (Å²) in [4.78, 5) is 16.6. The summed E-state index contributed by atoms with van der Waals surface area (Å²) in [5, 5.41) is 0.404. The summed E-state index contributed by atoms with van der Waals surface area (Å²) in [6, 6.07) is 6.95. The van der Waals surface area contributed by atoms with Crippen molar-refractivity contribution >= 4 is 38.5 Å². The number of carbonyl (C=O) groups excluding carboxylic acids is 1. The third kappa shape index (κ3) is 4.66. The van der Waals surface area contributed by atoms with Crippen molar-refractivity contribution < 1.29 is 13.2 Å². The Balaban J connectivity index is 1.76. The van der Waals surface area contributed by atoms with Crippen LogP contribution in [0.1, 0.15) is 39.5 Å². The van der Waals surface area contributed by atoms with Gasteiger partial charge in [-0.15, -0.1) is 4.40 Å². The molecule has 1 fully saturated rings. The molecular weight excluding hydrogens is 382 g/mol. The molecular formula is C19H27N3O3S2. The molecule has 2 heterocycles. The Bertz CT molecular complexity index is 815. The van der Waals surface area contributed by atoms with E-state index in [1.807, 2.05) is 21.9 Å². The van der Waals surface area contributed by atoms with Gasteiger partial charge in [0.15, 0.2) is 5.17 Å². The molecule has 0 N–H and O–H groups in total. The van der Waals surface area contributed by atoms with Crippen molar-refractivity contribution in [3.8, 4) is 0 Å². The van der Waals surface area contributed by atoms with E-state index in [0.29, 0.717) is 23.3 Å². The monoisotopic (exact) mass is 409 g/mol. The Morgan fingerprint density at radius 2 is 1.96 bits per heavy atom. The van der Waals surface area contributed by atoms with E-state index in [2.05, 4.69) is 18.2 Å². The van der Waals surface area contributed by atoms with Crippen molar-refractivity contribution in [1.82, 2.24) is 4.90 Å². The molecule has 0 unspecified atom stereocenters. The number of piperidine rings is 1. The Kier molecular flexibility index (Phi) is 6.47. The number of benzene rings is 1. The van der Waals surface area contributed by atoms with Crippen LogP contribution in [0.15, 0.2) is 33.6 Å². The third-order valence-corrected chi connectivity index (χ3v) is 7.45. The summed E-state index contributed by atoms with van der Waals surface area (Å²) < 4.78 is 29.2. The number of amidine groups is 1. The van der Waals surface area contributed by atoms with Crippen LogP contribution in [-0.2, 0) is 14.8 Å². The summed E-state index contributed by atoms with van der Waals surface area (Å²) >= 11 is 1.23. The maximum atomic E-state index is 12.6. The number of unbranched alkanes of at least 4 members (excludes halogenated alkanes) is 1. The SMILES string of the molecule is CCCCN1C(SCC(=O)N2CCC(C)CC2)=NS(=O)(=O)c2ccccc21. The standard InChI is InChI=1S/C19H27N3O3S2/c1-3-4-11-22-16-7-5-6-8-17(16)27(24,25)20-19(22)26-14-18(23)21-12-9-15(2)10-13-21/h5-8,15H,3-4,9-14H2,1-2H3. The van der Waals surface area contributed by atoms with Gasteiger partial charge < -0.3 is 9.80 Å². The molecule has 6 nitrogen and oxygen atoms in total. The van der Waals surface area contributed by atoms with E-state index < -0.39 is 10.0 Å². The maximum absolute atomic E-state index is 12.6. The number of hydrogen-bond acceptors (Lipinski definition) is 5. The van der Waals surface area contributed by atoms with Gasteiger partial charge in [0.1, 0.15) is 4.90 Å². The van der Waals surface area contributed by atoms with Gasteiger partial charge in [-0.3, -0.25) is 4.79 Å². The van der Waals surface area contributed by atoms with E-state index in [9.17, 15) is 13.2 Å². The summed E-state index contributed by atoms with van der Waals surface area (Å²) in [5.41, 5.74) is 0.655. The van der Waals surface area contributed by atoms with Gasteiger partial charge in [-0.2, -0.15) is 8.42 Å². The van der Waals surface area contributed by atoms with Crippen LogP contribution in [-0.4, -0.2) is 49.8 Å². The average Bonchev–Trinajstić information content (AvgIpc) is 2.66. The zero-order chi connectivity index (χ0) is 19.4. The van der Waals surface area contributed by atoms with Crippen LogP contribution < -0.4 is 4.90 Å². The molecule has 1 saturated heterocycles. The molecule has 8 heteroatoms. The number of thioether (sulfide) groups is 1. The summed E-state index contributed by atoms with van der Waals surface area (Å²) in [6.45, 7) is 6.56. The van der Waals surface area contributed by atoms with Crippen molar-refractivity contribution in [3.63, 3.8) is 0 Å². The number of carbonyl (C=O) groups is 1. The molecule has 148 valence electrons. The molecule has 0 aromatic heterocycles. The fourth-order valence-corrected chi connectivity index (χ4v) is 5.70. The predicted molar refractivity (Wildman–Crippen MR) is 111 cm³/mol. The van der Waals surface area contributed by atoms with Crippen LogP contribution in [0.3, 0.4) is 0 Å². The van der Waals surface area contributed by atoms with Gasteiger partial charge >= 0.3 is 0 Å². The van der Waals surface area contributed by atoms with Gasteiger partial charge in [-0.1, -0.05) is 44.2 Å². The first-order valence-corrected chi connectivity index (χ1v) is 12.0. The highest BCUT2D eigenvalue weighted by atomic mass is 32.2. The smallest absolute Gasteiger partial charge is 0.286 e. The molecule has 0 radical (unpaired) electrons. The molecule has 0 saturated carbocycles. The second-order valence-electron chi connectivity index (χ2n) is 7.17. The highest BCUT2D eigenvalue weighted by Gasteiger charge is 2.31. The summed E-state index contributed by atoms with van der Waals surface area (Å²) in [7, 11) is -3.73. The largest absolute Gasteiger partial charge is 0.342 e. The zero-order valence-corrected chi connectivity index (χ0v) is 17.6. The van der Waals surface area contributed by atoms with Crippen molar-refractivity contribution in [2.75, 3.05) is 30.3 Å². The lowest BCUT2D eigenvalue weighted by Crippen LogP contribution is -2.40. The first-order chi connectivity index (χ1) is 12.9. The van der Waals surface area contributed by atoms with E-state index in [-0.39, 0.29) is 16.6 Å². The van der Waals surface area contributed by atoms with Crippen LogP contribution in [0, 0.1) is 5.92 Å². The molecule has 1 aromatic rings. The number of anilines is 1. The van der Waals surface area contributed by atoms with Crippen LogP contribution >= 0.6 is 11.8 Å². The summed E-state index contributed by atoms with van der Waals surface area (Å²) in [5.74, 6) is 0.935. The van der Waals surface area contributed by atoms with Crippen molar-refractivity contribution in [2.45, 2.75) is 44.4 Å². The van der Waals surface area contributed by atoms with Crippen LogP contribution in [0.4, 0.5) is 5.69 Å². The van der Waals surface area contributed by atoms with Crippen LogP contribution in [0.25, 0.3) is 0 Å². The first kappa shape index (κ1) is 20.2. The molecule has 1 aromatic carbocycles. The lowest BCUT2D eigenvalue weighted by Gasteiger charge is -2.32. The Morgan fingerprint density at radius 1 is 1.26 bits per heavy atom. The van der Waals surface area contributed by atoms with Crippen molar-refractivity contribution in [2.24, 2.45) is 10.3 Å². The third-order valence-electron chi connectivity index (χ3n) is 5.06. The summed E-state index contributed by atoms with van der Waals surface area (Å²) in [6.07, 6.45) is 3.98. The number of hydrogen-bond donors (Lipinski definition) is 0. The highest BCUT2D eigenvalue weighted by molar-refractivity contribution is 8.15. The Morgan fingerprint density at radius 3 is 2.67 bits per heavy atom. The number of rotatable bonds is 5. The molecule has 27 heavy (non-hydrogen) atoms. The van der Waals surface area contributed by atoms with Gasteiger partial charge in [0.05, 0.1) is 11.4 Å². The minimum atomic E-state index is -3.73. The van der Waals surface area contributed by atoms with Gasteiger partial charge in [-0.05, 0) is 37.3 Å². The highest BCUT2D eigenvalue weighted by Crippen LogP contribution is 2.34. The zero-order valence-electron chi connectivity index (χ0n) is 15.9. The van der Waals surface area contributed by atoms with Gasteiger partial charge in [0.25, 0.3) is 10.0 Å². The van der Waals surface area contributed by atoms with Crippen molar-refractivity contribution in [1.29, 1.82) is 0 Å². The van der Waals surface area contributed by atoms with E-state index >= 15 is 0 Å². The number of amides is 1. The molecule has 1 amide bonds. The number of nitrogens with zero attached hydrogens (tertiary/aromatic N) is 3. The Labute approximate surface area is 166 Å². The fourth-order valence-electron chi connectivity index (χ4n) is 3.31. The average molecular weight is 410 g/mol. The van der Waals surface area contributed by atoms with Gasteiger partial charge in [0.2, 0.25) is 5.91 Å².